The number of hydrogen-bond acceptors (Lipinski definition) is 4. The van der Waals surface area contributed by atoms with Gasteiger partial charge in [-0.15, -0.1) is 0 Å². The van der Waals surface area contributed by atoms with Gasteiger partial charge < -0.3 is 10.5 Å². The molecule has 25 heavy (non-hydrogen) atoms. The Morgan fingerprint density at radius 1 is 1.12 bits per heavy atom. The van der Waals surface area contributed by atoms with E-state index in [0.717, 1.165) is 16.9 Å². The Labute approximate surface area is 145 Å². The number of nitrogens with two attached hydrogens (primary N) is 1. The van der Waals surface area contributed by atoms with Crippen molar-refractivity contribution in [1.82, 2.24) is 5.48 Å². The summed E-state index contributed by atoms with van der Waals surface area (Å²) in [5.41, 5.74) is 8.09. The van der Waals surface area contributed by atoms with Crippen LogP contribution in [0.15, 0.2) is 54.6 Å². The lowest BCUT2D eigenvalue weighted by molar-refractivity contribution is -0.134. The maximum Gasteiger partial charge on any atom is 0.247 e. The summed E-state index contributed by atoms with van der Waals surface area (Å²) in [6.07, 6.45) is 0.730. The van der Waals surface area contributed by atoms with E-state index in [1.54, 1.807) is 5.48 Å². The highest BCUT2D eigenvalue weighted by Gasteiger charge is 2.62. The van der Waals surface area contributed by atoms with E-state index in [0.29, 0.717) is 19.4 Å². The Kier molecular flexibility index (Phi) is 4.72. The molecule has 0 aromatic heterocycles. The maximum absolute atomic E-state index is 11.8. The molecule has 0 spiro atoms. The van der Waals surface area contributed by atoms with Crippen molar-refractivity contribution in [3.05, 3.63) is 65.7 Å². The summed E-state index contributed by atoms with van der Waals surface area (Å²) in [5, 5.41) is 8.75. The monoisotopic (exact) mass is 340 g/mol. The molecule has 3 rings (SSSR count). The molecule has 2 aromatic carbocycles. The highest BCUT2D eigenvalue weighted by molar-refractivity contribution is 5.95. The summed E-state index contributed by atoms with van der Waals surface area (Å²) in [4.78, 5) is 23.4. The quantitative estimate of drug-likeness (QED) is 0.528. The van der Waals surface area contributed by atoms with Crippen LogP contribution in [0.25, 0.3) is 0 Å². The highest BCUT2D eigenvalue weighted by atomic mass is 16.5. The van der Waals surface area contributed by atoms with E-state index >= 15 is 0 Å². The van der Waals surface area contributed by atoms with Crippen molar-refractivity contribution in [2.24, 2.45) is 17.1 Å². The van der Waals surface area contributed by atoms with Crippen molar-refractivity contribution in [2.45, 2.75) is 19.4 Å². The van der Waals surface area contributed by atoms with Gasteiger partial charge in [-0.3, -0.25) is 14.8 Å². The van der Waals surface area contributed by atoms with Crippen molar-refractivity contribution in [1.29, 1.82) is 0 Å². The number of nitrogens with one attached hydrogen (secondary N) is 1. The smallest absolute Gasteiger partial charge is 0.247 e. The third kappa shape index (κ3) is 3.64. The number of carbonyl (C=O) groups is 2. The average Bonchev–Trinajstić information content (AvgIpc) is 3.37. The first-order chi connectivity index (χ1) is 12.0. The van der Waals surface area contributed by atoms with Gasteiger partial charge in [0.1, 0.15) is 12.4 Å². The van der Waals surface area contributed by atoms with Crippen LogP contribution in [0.2, 0.25) is 0 Å². The minimum Gasteiger partial charge on any atom is -0.489 e. The fourth-order valence-corrected chi connectivity index (χ4v) is 3.08. The van der Waals surface area contributed by atoms with Gasteiger partial charge in [0.2, 0.25) is 11.8 Å². The molecular weight excluding hydrogens is 320 g/mol. The third-order valence-electron chi connectivity index (χ3n) is 4.68. The van der Waals surface area contributed by atoms with Crippen molar-refractivity contribution in [3.63, 3.8) is 0 Å². The van der Waals surface area contributed by atoms with Crippen LogP contribution in [0.5, 0.6) is 5.75 Å². The summed E-state index contributed by atoms with van der Waals surface area (Å²) in [5.74, 6) is -0.851. The minimum absolute atomic E-state index is 0.355. The van der Waals surface area contributed by atoms with E-state index < -0.39 is 23.1 Å². The zero-order valence-electron chi connectivity index (χ0n) is 13.6. The molecule has 6 nitrogen and oxygen atoms in total. The molecule has 1 fully saturated rings. The van der Waals surface area contributed by atoms with Gasteiger partial charge in [0.25, 0.3) is 0 Å². The SMILES string of the molecule is NC(=O)[C@@]1(Cc2ccc(COc3ccccc3)cc2)C[C@@H]1C(=O)NO. The molecule has 0 unspecified atom stereocenters. The zero-order valence-corrected chi connectivity index (χ0v) is 13.6. The Morgan fingerprint density at radius 2 is 1.76 bits per heavy atom. The van der Waals surface area contributed by atoms with E-state index in [9.17, 15) is 9.59 Å². The average molecular weight is 340 g/mol. The van der Waals surface area contributed by atoms with Crippen LogP contribution in [0.1, 0.15) is 17.5 Å². The molecule has 0 saturated heterocycles. The number of para-hydroxylation sites is 1. The van der Waals surface area contributed by atoms with Crippen LogP contribution in [-0.4, -0.2) is 17.0 Å². The molecule has 1 aliphatic rings. The van der Waals surface area contributed by atoms with E-state index in [1.807, 2.05) is 54.6 Å². The summed E-state index contributed by atoms with van der Waals surface area (Å²) in [6.45, 7) is 0.445. The van der Waals surface area contributed by atoms with E-state index in [1.165, 1.54) is 0 Å². The number of ether oxygens (including phenoxy) is 1. The van der Waals surface area contributed by atoms with Crippen LogP contribution < -0.4 is 16.0 Å². The minimum atomic E-state index is -0.908. The zero-order chi connectivity index (χ0) is 17.9. The first-order valence-corrected chi connectivity index (χ1v) is 8.05. The Morgan fingerprint density at radius 3 is 2.36 bits per heavy atom. The van der Waals surface area contributed by atoms with Crippen LogP contribution >= 0.6 is 0 Å². The summed E-state index contributed by atoms with van der Waals surface area (Å²) >= 11 is 0. The number of benzene rings is 2. The number of primary amides is 1. The fraction of sp³-hybridized carbons (Fsp3) is 0.263. The predicted molar refractivity (Wildman–Crippen MR) is 90.6 cm³/mol. The highest BCUT2D eigenvalue weighted by Crippen LogP contribution is 2.54. The molecule has 2 amide bonds. The number of hydroxylamine groups is 1. The summed E-state index contributed by atoms with van der Waals surface area (Å²) in [6, 6.07) is 17.2. The van der Waals surface area contributed by atoms with Crippen LogP contribution in [0, 0.1) is 11.3 Å². The molecule has 1 aliphatic carbocycles. The molecular formula is C19H20N2O4. The fourth-order valence-electron chi connectivity index (χ4n) is 3.08. The third-order valence-corrected chi connectivity index (χ3v) is 4.68. The summed E-state index contributed by atoms with van der Waals surface area (Å²) < 4.78 is 5.69. The van der Waals surface area contributed by atoms with Crippen LogP contribution in [0.4, 0.5) is 0 Å². The van der Waals surface area contributed by atoms with Crippen molar-refractivity contribution < 1.29 is 19.5 Å². The molecule has 130 valence electrons. The van der Waals surface area contributed by atoms with Gasteiger partial charge in [-0.2, -0.15) is 0 Å². The summed E-state index contributed by atoms with van der Waals surface area (Å²) in [7, 11) is 0. The van der Waals surface area contributed by atoms with Crippen molar-refractivity contribution in [2.75, 3.05) is 0 Å². The topological polar surface area (TPSA) is 102 Å². The van der Waals surface area contributed by atoms with Crippen LogP contribution in [0.3, 0.4) is 0 Å². The van der Waals surface area contributed by atoms with Gasteiger partial charge in [0.05, 0.1) is 11.3 Å². The molecule has 0 aliphatic heterocycles. The van der Waals surface area contributed by atoms with E-state index in [-0.39, 0.29) is 0 Å². The van der Waals surface area contributed by atoms with Gasteiger partial charge in [-0.05, 0) is 36.1 Å². The molecule has 6 heteroatoms. The lowest BCUT2D eigenvalue weighted by Gasteiger charge is -2.13. The number of amides is 2. The van der Waals surface area contributed by atoms with Gasteiger partial charge in [-0.25, -0.2) is 5.48 Å². The second kappa shape index (κ2) is 6.94. The second-order valence-corrected chi connectivity index (χ2v) is 6.35. The predicted octanol–water partition coefficient (Wildman–Crippen LogP) is 1.81. The molecule has 2 atom stereocenters. The molecule has 0 radical (unpaired) electrons. The lowest BCUT2D eigenvalue weighted by Crippen LogP contribution is -2.33. The normalized spacial score (nSPS) is 21.4. The second-order valence-electron chi connectivity index (χ2n) is 6.35. The maximum atomic E-state index is 11.8. The molecule has 1 saturated carbocycles. The van der Waals surface area contributed by atoms with Crippen molar-refractivity contribution in [3.8, 4) is 5.75 Å². The van der Waals surface area contributed by atoms with Gasteiger partial charge in [-0.1, -0.05) is 42.5 Å². The molecule has 2 aromatic rings. The van der Waals surface area contributed by atoms with E-state index in [4.69, 9.17) is 15.7 Å². The molecule has 0 heterocycles. The van der Waals surface area contributed by atoms with Gasteiger partial charge in [0, 0.05) is 0 Å². The van der Waals surface area contributed by atoms with Gasteiger partial charge >= 0.3 is 0 Å². The lowest BCUT2D eigenvalue weighted by atomic mass is 9.92. The molecule has 4 N–H and O–H groups in total. The largest absolute Gasteiger partial charge is 0.489 e. The van der Waals surface area contributed by atoms with E-state index in [2.05, 4.69) is 0 Å². The van der Waals surface area contributed by atoms with Crippen molar-refractivity contribution >= 4 is 11.8 Å². The standard InChI is InChI=1S/C19H20N2O4/c20-18(23)19(11-16(19)17(22)21-24)10-13-6-8-14(9-7-13)12-25-15-4-2-1-3-5-15/h1-9,16,24H,10-12H2,(H2,20,23)(H,21,22)/t16-,19+/m1/s1. The Bertz CT molecular complexity index is 761. The Balaban J connectivity index is 1.62. The first-order valence-electron chi connectivity index (χ1n) is 8.05. The number of rotatable bonds is 7. The first kappa shape index (κ1) is 17.0. The van der Waals surface area contributed by atoms with Crippen LogP contribution in [-0.2, 0) is 22.6 Å². The number of hydrogen-bond donors (Lipinski definition) is 3. The molecule has 0 bridgehead atoms. The van der Waals surface area contributed by atoms with Gasteiger partial charge in [0.15, 0.2) is 0 Å². The number of carbonyl (C=O) groups excluding carboxylic acids is 2. The Hall–Kier alpha value is -2.86.